The summed E-state index contributed by atoms with van der Waals surface area (Å²) in [5.74, 6) is -3.06. The molecule has 0 aromatic carbocycles. The molecule has 13 heavy (non-hydrogen) atoms. The molecule has 0 unspecified atom stereocenters. The van der Waals surface area contributed by atoms with Crippen molar-refractivity contribution in [1.82, 2.24) is 0 Å². The fourth-order valence-electron chi connectivity index (χ4n) is 1.95. The topological polar surface area (TPSA) is 23.8 Å². The number of nitrogens with zero attached hydrogens (tertiary/aromatic N) is 1. The van der Waals surface area contributed by atoms with E-state index in [0.717, 1.165) is 19.3 Å². The number of halogens is 2. The molecule has 0 aliphatic heterocycles. The van der Waals surface area contributed by atoms with Crippen molar-refractivity contribution < 1.29 is 8.78 Å². The van der Waals surface area contributed by atoms with Crippen molar-refractivity contribution in [2.75, 3.05) is 0 Å². The van der Waals surface area contributed by atoms with Crippen LogP contribution in [-0.4, -0.2) is 5.92 Å². The molecule has 3 heteroatoms. The first-order valence-electron chi connectivity index (χ1n) is 4.91. The quantitative estimate of drug-likeness (QED) is 0.663. The fraction of sp³-hybridized carbons (Fsp3) is 0.900. The standard InChI is InChI=1S/C10H15F2N/c11-10(12,7-4-8-13)9-5-2-1-3-6-9/h9H,1-7H2. The van der Waals surface area contributed by atoms with E-state index in [9.17, 15) is 8.78 Å². The molecule has 1 fully saturated rings. The molecule has 1 aliphatic rings. The normalized spacial score (nSPS) is 19.8. The van der Waals surface area contributed by atoms with Crippen LogP contribution in [0.2, 0.25) is 0 Å². The molecule has 0 amide bonds. The second-order valence-corrected chi connectivity index (χ2v) is 3.75. The molecule has 0 aromatic heterocycles. The maximum absolute atomic E-state index is 13.3. The molecule has 1 rings (SSSR count). The zero-order valence-corrected chi connectivity index (χ0v) is 7.73. The third kappa shape index (κ3) is 2.95. The van der Waals surface area contributed by atoms with Crippen LogP contribution in [0.4, 0.5) is 8.78 Å². The van der Waals surface area contributed by atoms with Gasteiger partial charge in [-0.25, -0.2) is 8.78 Å². The summed E-state index contributed by atoms with van der Waals surface area (Å²) in [5.41, 5.74) is 0. The number of hydrogen-bond acceptors (Lipinski definition) is 1. The molecule has 0 bridgehead atoms. The first-order chi connectivity index (χ1) is 6.17. The molecule has 1 saturated carbocycles. The van der Waals surface area contributed by atoms with Crippen LogP contribution in [0.3, 0.4) is 0 Å². The molecule has 1 aliphatic carbocycles. The minimum Gasteiger partial charge on any atom is -0.207 e. The van der Waals surface area contributed by atoms with Gasteiger partial charge in [0.15, 0.2) is 0 Å². The van der Waals surface area contributed by atoms with E-state index < -0.39 is 11.8 Å². The number of alkyl halides is 2. The fourth-order valence-corrected chi connectivity index (χ4v) is 1.95. The van der Waals surface area contributed by atoms with Gasteiger partial charge in [-0.3, -0.25) is 0 Å². The summed E-state index contributed by atoms with van der Waals surface area (Å²) < 4.78 is 26.7. The van der Waals surface area contributed by atoms with E-state index in [-0.39, 0.29) is 12.8 Å². The van der Waals surface area contributed by atoms with Crippen LogP contribution < -0.4 is 0 Å². The molecule has 1 nitrogen and oxygen atoms in total. The van der Waals surface area contributed by atoms with Crippen LogP contribution in [0.1, 0.15) is 44.9 Å². The van der Waals surface area contributed by atoms with E-state index in [1.807, 2.05) is 0 Å². The molecule has 0 spiro atoms. The van der Waals surface area contributed by atoms with E-state index in [2.05, 4.69) is 0 Å². The summed E-state index contributed by atoms with van der Waals surface area (Å²) in [4.78, 5) is 0. The van der Waals surface area contributed by atoms with Gasteiger partial charge in [0.05, 0.1) is 6.07 Å². The molecule has 0 heterocycles. The van der Waals surface area contributed by atoms with Crippen molar-refractivity contribution in [3.63, 3.8) is 0 Å². The van der Waals surface area contributed by atoms with Gasteiger partial charge in [-0.15, -0.1) is 0 Å². The summed E-state index contributed by atoms with van der Waals surface area (Å²) in [5, 5.41) is 8.24. The molecule has 0 radical (unpaired) electrons. The summed E-state index contributed by atoms with van der Waals surface area (Å²) in [6.45, 7) is 0. The Kier molecular flexibility index (Phi) is 3.65. The average molecular weight is 187 g/mol. The van der Waals surface area contributed by atoms with Gasteiger partial charge in [-0.1, -0.05) is 19.3 Å². The number of rotatable bonds is 3. The SMILES string of the molecule is N#CCCC(F)(F)C1CCCCC1. The van der Waals surface area contributed by atoms with Crippen LogP contribution in [0.25, 0.3) is 0 Å². The van der Waals surface area contributed by atoms with Gasteiger partial charge in [0.25, 0.3) is 5.92 Å². The average Bonchev–Trinajstić information content (AvgIpc) is 2.16. The number of hydrogen-bond donors (Lipinski definition) is 0. The molecule has 0 atom stereocenters. The maximum atomic E-state index is 13.3. The second kappa shape index (κ2) is 4.55. The van der Waals surface area contributed by atoms with Gasteiger partial charge in [0.1, 0.15) is 0 Å². The van der Waals surface area contributed by atoms with E-state index in [4.69, 9.17) is 5.26 Å². The van der Waals surface area contributed by atoms with E-state index in [1.165, 1.54) is 0 Å². The first kappa shape index (κ1) is 10.4. The van der Waals surface area contributed by atoms with Crippen molar-refractivity contribution in [2.45, 2.75) is 50.9 Å². The monoisotopic (exact) mass is 187 g/mol. The van der Waals surface area contributed by atoms with Crippen LogP contribution in [0.15, 0.2) is 0 Å². The molecule has 0 N–H and O–H groups in total. The van der Waals surface area contributed by atoms with Gasteiger partial charge in [0.2, 0.25) is 0 Å². The Morgan fingerprint density at radius 1 is 1.23 bits per heavy atom. The van der Waals surface area contributed by atoms with Gasteiger partial charge in [-0.2, -0.15) is 5.26 Å². The lowest BCUT2D eigenvalue weighted by molar-refractivity contribution is -0.0761. The van der Waals surface area contributed by atoms with Crippen molar-refractivity contribution in [3.8, 4) is 6.07 Å². The predicted molar refractivity (Wildman–Crippen MR) is 46.4 cm³/mol. The minimum atomic E-state index is -2.60. The van der Waals surface area contributed by atoms with Gasteiger partial charge in [0, 0.05) is 18.8 Å². The second-order valence-electron chi connectivity index (χ2n) is 3.75. The van der Waals surface area contributed by atoms with E-state index in [1.54, 1.807) is 6.07 Å². The summed E-state index contributed by atoms with van der Waals surface area (Å²) in [7, 11) is 0. The summed E-state index contributed by atoms with van der Waals surface area (Å²) in [6.07, 6.45) is 3.93. The Morgan fingerprint density at radius 2 is 1.85 bits per heavy atom. The largest absolute Gasteiger partial charge is 0.251 e. The Balaban J connectivity index is 2.42. The van der Waals surface area contributed by atoms with Crippen molar-refractivity contribution in [2.24, 2.45) is 5.92 Å². The lowest BCUT2D eigenvalue weighted by atomic mass is 9.83. The lowest BCUT2D eigenvalue weighted by Gasteiger charge is -2.29. The highest BCUT2D eigenvalue weighted by Crippen LogP contribution is 2.39. The zero-order valence-electron chi connectivity index (χ0n) is 7.73. The Labute approximate surface area is 77.7 Å². The Bertz CT molecular complexity index is 190. The predicted octanol–water partition coefficient (Wildman–Crippen LogP) is 3.51. The van der Waals surface area contributed by atoms with Crippen molar-refractivity contribution >= 4 is 0 Å². The molecular formula is C10H15F2N. The van der Waals surface area contributed by atoms with Crippen LogP contribution in [0.5, 0.6) is 0 Å². The molecule has 0 aromatic rings. The third-order valence-corrected chi connectivity index (χ3v) is 2.77. The Morgan fingerprint density at radius 3 is 2.38 bits per heavy atom. The molecular weight excluding hydrogens is 172 g/mol. The van der Waals surface area contributed by atoms with Crippen molar-refractivity contribution in [3.05, 3.63) is 0 Å². The van der Waals surface area contributed by atoms with Crippen molar-refractivity contribution in [1.29, 1.82) is 5.26 Å². The number of nitriles is 1. The van der Waals surface area contributed by atoms with Gasteiger partial charge < -0.3 is 0 Å². The summed E-state index contributed by atoms with van der Waals surface area (Å²) >= 11 is 0. The lowest BCUT2D eigenvalue weighted by Crippen LogP contribution is -2.29. The van der Waals surface area contributed by atoms with E-state index >= 15 is 0 Å². The third-order valence-electron chi connectivity index (χ3n) is 2.77. The summed E-state index contributed by atoms with van der Waals surface area (Å²) in [6, 6.07) is 1.78. The highest BCUT2D eigenvalue weighted by molar-refractivity contribution is 4.83. The highest BCUT2D eigenvalue weighted by atomic mass is 19.3. The Hall–Kier alpha value is -0.650. The van der Waals surface area contributed by atoms with Crippen LogP contribution in [-0.2, 0) is 0 Å². The smallest absolute Gasteiger partial charge is 0.207 e. The molecule has 0 saturated heterocycles. The van der Waals surface area contributed by atoms with Crippen LogP contribution in [0, 0.1) is 17.2 Å². The minimum absolute atomic E-state index is 0.0243. The first-order valence-corrected chi connectivity index (χ1v) is 4.91. The molecule has 74 valence electrons. The highest BCUT2D eigenvalue weighted by Gasteiger charge is 2.38. The van der Waals surface area contributed by atoms with Gasteiger partial charge >= 0.3 is 0 Å². The van der Waals surface area contributed by atoms with Gasteiger partial charge in [-0.05, 0) is 12.8 Å². The zero-order chi connectivity index (χ0) is 9.73. The maximum Gasteiger partial charge on any atom is 0.251 e. The van der Waals surface area contributed by atoms with E-state index in [0.29, 0.717) is 12.8 Å². The van der Waals surface area contributed by atoms with Crippen LogP contribution >= 0.6 is 0 Å².